The van der Waals surface area contributed by atoms with Crippen LogP contribution < -0.4 is 0 Å². The van der Waals surface area contributed by atoms with Crippen molar-refractivity contribution in [2.75, 3.05) is 6.61 Å². The summed E-state index contributed by atoms with van der Waals surface area (Å²) in [7, 11) is 0. The summed E-state index contributed by atoms with van der Waals surface area (Å²) >= 11 is 0. The molecule has 2 rings (SSSR count). The Balaban J connectivity index is 2.01. The van der Waals surface area contributed by atoms with Gasteiger partial charge < -0.3 is 4.74 Å². The molecule has 1 aliphatic heterocycles. The van der Waals surface area contributed by atoms with Crippen molar-refractivity contribution in [3.63, 3.8) is 0 Å². The molecule has 88 valence electrons. The number of rotatable bonds is 4. The molecule has 0 amide bonds. The van der Waals surface area contributed by atoms with Gasteiger partial charge in [0.05, 0.1) is 12.5 Å². The summed E-state index contributed by atoms with van der Waals surface area (Å²) < 4.78 is 6.74. The van der Waals surface area contributed by atoms with Gasteiger partial charge in [0.15, 0.2) is 0 Å². The first-order valence-corrected chi connectivity index (χ1v) is 5.48. The molecule has 0 aromatic carbocycles. The molecule has 4 nitrogen and oxygen atoms in total. The number of allylic oxidation sites excluding steroid dienone is 1. The Morgan fingerprint density at radius 3 is 3.24 bits per heavy atom. The summed E-state index contributed by atoms with van der Waals surface area (Å²) in [6.07, 6.45) is 7.91. The largest absolute Gasteiger partial charge is 0.461 e. The van der Waals surface area contributed by atoms with E-state index >= 15 is 0 Å². The minimum Gasteiger partial charge on any atom is -0.461 e. The topological polar surface area (TPSA) is 44.1 Å². The molecule has 1 unspecified atom stereocenters. The fraction of sp³-hybridized carbons (Fsp3) is 0.308. The third-order valence-electron chi connectivity index (χ3n) is 2.62. The second-order valence-electron chi connectivity index (χ2n) is 3.85. The van der Waals surface area contributed by atoms with Crippen molar-refractivity contribution in [1.29, 1.82) is 0 Å². The van der Waals surface area contributed by atoms with Gasteiger partial charge in [-0.05, 0) is 18.1 Å². The Labute approximate surface area is 99.9 Å². The molecule has 0 saturated heterocycles. The zero-order valence-electron chi connectivity index (χ0n) is 9.50. The Bertz CT molecular complexity index is 468. The van der Waals surface area contributed by atoms with Crippen LogP contribution >= 0.6 is 0 Å². The van der Waals surface area contributed by atoms with Crippen molar-refractivity contribution in [2.45, 2.75) is 13.0 Å². The minimum absolute atomic E-state index is 0.180. The van der Waals surface area contributed by atoms with Crippen LogP contribution in [0.1, 0.15) is 6.42 Å². The van der Waals surface area contributed by atoms with Crippen molar-refractivity contribution in [1.82, 2.24) is 9.78 Å². The summed E-state index contributed by atoms with van der Waals surface area (Å²) in [6, 6.07) is 1.86. The highest BCUT2D eigenvalue weighted by molar-refractivity contribution is 5.75. The van der Waals surface area contributed by atoms with Crippen LogP contribution in [-0.2, 0) is 16.1 Å². The number of nitrogens with zero attached hydrogens (tertiary/aromatic N) is 2. The van der Waals surface area contributed by atoms with Gasteiger partial charge in [-0.25, -0.2) is 0 Å². The highest BCUT2D eigenvalue weighted by atomic mass is 16.5. The first-order valence-electron chi connectivity index (χ1n) is 5.48. The molecule has 0 radical (unpaired) electrons. The fourth-order valence-corrected chi connectivity index (χ4v) is 1.73. The number of hydrogen-bond acceptors (Lipinski definition) is 3. The Hall–Kier alpha value is -2.06. The van der Waals surface area contributed by atoms with Crippen molar-refractivity contribution in [3.05, 3.63) is 48.5 Å². The first-order chi connectivity index (χ1) is 8.29. The molecule has 0 bridgehead atoms. The molecule has 0 aliphatic carbocycles. The molecule has 1 aromatic heterocycles. The maximum atomic E-state index is 11.5. The molecule has 0 N–H and O–H groups in total. The second-order valence-corrected chi connectivity index (χ2v) is 3.85. The van der Waals surface area contributed by atoms with Crippen LogP contribution in [0.3, 0.4) is 0 Å². The van der Waals surface area contributed by atoms with Crippen molar-refractivity contribution < 1.29 is 9.53 Å². The van der Waals surface area contributed by atoms with Gasteiger partial charge in [0.2, 0.25) is 0 Å². The van der Waals surface area contributed by atoms with Crippen LogP contribution in [-0.4, -0.2) is 22.4 Å². The monoisotopic (exact) mass is 230 g/mol. The predicted molar refractivity (Wildman–Crippen MR) is 63.1 cm³/mol. The van der Waals surface area contributed by atoms with E-state index in [-0.39, 0.29) is 11.9 Å². The van der Waals surface area contributed by atoms with Crippen molar-refractivity contribution in [2.24, 2.45) is 5.92 Å². The number of aromatic nitrogens is 2. The number of carbonyl (C=O) groups excluding carboxylic acids is 1. The summed E-state index contributed by atoms with van der Waals surface area (Å²) in [5.74, 6) is -0.399. The lowest BCUT2D eigenvalue weighted by molar-refractivity contribution is -0.146. The SMILES string of the molecule is C=C=C(CC1C=CCOC1=O)Cn1cccn1. The maximum Gasteiger partial charge on any atom is 0.313 e. The highest BCUT2D eigenvalue weighted by Gasteiger charge is 2.21. The summed E-state index contributed by atoms with van der Waals surface area (Å²) in [5.41, 5.74) is 3.82. The third-order valence-corrected chi connectivity index (χ3v) is 2.62. The lowest BCUT2D eigenvalue weighted by atomic mass is 9.98. The molecular weight excluding hydrogens is 216 g/mol. The molecule has 0 spiro atoms. The lowest BCUT2D eigenvalue weighted by Gasteiger charge is -2.16. The van der Waals surface area contributed by atoms with E-state index < -0.39 is 0 Å². The molecule has 1 aromatic rings. The van der Waals surface area contributed by atoms with Gasteiger partial charge in [-0.2, -0.15) is 5.10 Å². The highest BCUT2D eigenvalue weighted by Crippen LogP contribution is 2.18. The number of cyclic esters (lactones) is 1. The van der Waals surface area contributed by atoms with E-state index in [9.17, 15) is 4.79 Å². The van der Waals surface area contributed by atoms with Gasteiger partial charge in [0, 0.05) is 12.4 Å². The molecule has 17 heavy (non-hydrogen) atoms. The summed E-state index contributed by atoms with van der Waals surface area (Å²) in [4.78, 5) is 11.5. The smallest absolute Gasteiger partial charge is 0.313 e. The van der Waals surface area contributed by atoms with Crippen LogP contribution in [0.4, 0.5) is 0 Å². The molecule has 4 heteroatoms. The molecule has 2 heterocycles. The van der Waals surface area contributed by atoms with E-state index in [1.165, 1.54) is 0 Å². The molecule has 1 aliphatic rings. The quantitative estimate of drug-likeness (QED) is 0.449. The fourth-order valence-electron chi connectivity index (χ4n) is 1.73. The normalized spacial score (nSPS) is 18.6. The van der Waals surface area contributed by atoms with E-state index in [2.05, 4.69) is 17.4 Å². The molecule has 1 atom stereocenters. The van der Waals surface area contributed by atoms with E-state index in [1.54, 1.807) is 10.9 Å². The Morgan fingerprint density at radius 1 is 1.71 bits per heavy atom. The maximum absolute atomic E-state index is 11.5. The minimum atomic E-state index is -0.219. The Morgan fingerprint density at radius 2 is 2.59 bits per heavy atom. The average Bonchev–Trinajstić information content (AvgIpc) is 2.84. The van der Waals surface area contributed by atoms with Crippen LogP contribution in [0, 0.1) is 5.92 Å². The van der Waals surface area contributed by atoms with Gasteiger partial charge in [-0.3, -0.25) is 9.48 Å². The second kappa shape index (κ2) is 5.32. The van der Waals surface area contributed by atoms with E-state index in [1.807, 2.05) is 24.4 Å². The van der Waals surface area contributed by atoms with E-state index in [4.69, 9.17) is 4.74 Å². The predicted octanol–water partition coefficient (Wildman–Crippen LogP) is 1.71. The van der Waals surface area contributed by atoms with Gasteiger partial charge >= 0.3 is 5.97 Å². The summed E-state index contributed by atoms with van der Waals surface area (Å²) in [6.45, 7) is 4.63. The number of ether oxygens (including phenoxy) is 1. The van der Waals surface area contributed by atoms with Gasteiger partial charge in [-0.1, -0.05) is 18.7 Å². The van der Waals surface area contributed by atoms with Gasteiger partial charge in [0.1, 0.15) is 6.61 Å². The first kappa shape index (κ1) is 11.4. The molecule has 0 saturated carbocycles. The Kier molecular flexibility index (Phi) is 3.58. The number of hydrogen-bond donors (Lipinski definition) is 0. The zero-order valence-corrected chi connectivity index (χ0v) is 9.50. The lowest BCUT2D eigenvalue weighted by Crippen LogP contribution is -2.21. The number of esters is 1. The third kappa shape index (κ3) is 2.95. The summed E-state index contributed by atoms with van der Waals surface area (Å²) in [5, 5.41) is 4.11. The number of carbonyl (C=O) groups is 1. The van der Waals surface area contributed by atoms with Crippen molar-refractivity contribution in [3.8, 4) is 0 Å². The van der Waals surface area contributed by atoms with Crippen LogP contribution in [0.15, 0.2) is 48.5 Å². The molecular formula is C13H14N2O2. The average molecular weight is 230 g/mol. The standard InChI is InChI=1S/C13H14N2O2/c1-2-11(10-15-7-4-6-14-15)9-12-5-3-8-17-13(12)16/h3-7,12H,1,8-10H2. The van der Waals surface area contributed by atoms with Crippen LogP contribution in [0.5, 0.6) is 0 Å². The molecule has 0 fully saturated rings. The van der Waals surface area contributed by atoms with Crippen LogP contribution in [0.25, 0.3) is 0 Å². The van der Waals surface area contributed by atoms with Crippen LogP contribution in [0.2, 0.25) is 0 Å². The van der Waals surface area contributed by atoms with E-state index in [0.29, 0.717) is 19.6 Å². The zero-order chi connectivity index (χ0) is 12.1. The van der Waals surface area contributed by atoms with Gasteiger partial charge in [-0.15, -0.1) is 5.73 Å². The van der Waals surface area contributed by atoms with Gasteiger partial charge in [0.25, 0.3) is 0 Å². The van der Waals surface area contributed by atoms with Crippen molar-refractivity contribution >= 4 is 5.97 Å². The van der Waals surface area contributed by atoms with E-state index in [0.717, 1.165) is 5.57 Å².